The highest BCUT2D eigenvalue weighted by Gasteiger charge is 2.35. The maximum absolute atomic E-state index is 13.0. The maximum Gasteiger partial charge on any atom is 0.341 e. The summed E-state index contributed by atoms with van der Waals surface area (Å²) in [6.45, 7) is -0.626. The van der Waals surface area contributed by atoms with Crippen LogP contribution in [0.5, 0.6) is 5.75 Å². The fourth-order valence-electron chi connectivity index (χ4n) is 2.58. The number of imide groups is 2. The van der Waals surface area contributed by atoms with E-state index in [9.17, 15) is 23.6 Å². The summed E-state index contributed by atoms with van der Waals surface area (Å²) in [5.74, 6) is -2.88. The Morgan fingerprint density at radius 1 is 1.07 bits per heavy atom. The zero-order chi connectivity index (χ0) is 21.0. The Balaban J connectivity index is 1.79. The minimum absolute atomic E-state index is 0.127. The summed E-state index contributed by atoms with van der Waals surface area (Å²) in [6, 6.07) is 10.5. The Bertz CT molecular complexity index is 999. The summed E-state index contributed by atoms with van der Waals surface area (Å²) in [6.07, 6.45) is 1.31. The molecule has 1 aliphatic rings. The number of benzene rings is 2. The van der Waals surface area contributed by atoms with Crippen molar-refractivity contribution in [3.05, 3.63) is 71.0 Å². The van der Waals surface area contributed by atoms with Crippen LogP contribution in [-0.4, -0.2) is 40.4 Å². The highest BCUT2D eigenvalue weighted by molar-refractivity contribution is 6.30. The van der Waals surface area contributed by atoms with Gasteiger partial charge in [0.05, 0.1) is 6.54 Å². The molecular weight excluding hydrogens is 383 g/mol. The Morgan fingerprint density at radius 3 is 2.34 bits per heavy atom. The number of carbonyl (C=O) groups excluding carboxylic acids is 3. The fraction of sp³-hybridized carbons (Fsp3) is 0.100. The van der Waals surface area contributed by atoms with Crippen LogP contribution in [-0.2, 0) is 20.9 Å². The van der Waals surface area contributed by atoms with Gasteiger partial charge in [0.25, 0.3) is 11.8 Å². The molecule has 0 saturated carbocycles. The van der Waals surface area contributed by atoms with Crippen molar-refractivity contribution in [3.63, 3.8) is 0 Å². The molecule has 29 heavy (non-hydrogen) atoms. The summed E-state index contributed by atoms with van der Waals surface area (Å²) in [4.78, 5) is 48.2. The molecule has 1 saturated heterocycles. The summed E-state index contributed by atoms with van der Waals surface area (Å²) < 4.78 is 18.1. The number of rotatable bonds is 6. The fourth-order valence-corrected chi connectivity index (χ4v) is 2.58. The molecule has 1 aliphatic heterocycles. The number of urea groups is 1. The quantitative estimate of drug-likeness (QED) is 0.568. The Hall–Kier alpha value is -4.01. The van der Waals surface area contributed by atoms with Crippen molar-refractivity contribution in [1.29, 1.82) is 0 Å². The van der Waals surface area contributed by atoms with Gasteiger partial charge in [-0.25, -0.2) is 14.0 Å². The van der Waals surface area contributed by atoms with Crippen LogP contribution in [0.1, 0.15) is 11.1 Å². The van der Waals surface area contributed by atoms with E-state index in [1.807, 2.05) is 0 Å². The van der Waals surface area contributed by atoms with Crippen molar-refractivity contribution in [1.82, 2.24) is 10.2 Å². The molecule has 3 rings (SSSR count). The average molecular weight is 398 g/mol. The van der Waals surface area contributed by atoms with Gasteiger partial charge in [-0.1, -0.05) is 24.3 Å². The van der Waals surface area contributed by atoms with Gasteiger partial charge in [0.1, 0.15) is 17.1 Å². The van der Waals surface area contributed by atoms with Crippen molar-refractivity contribution < 1.29 is 33.4 Å². The lowest BCUT2D eigenvalue weighted by Gasteiger charge is -2.26. The van der Waals surface area contributed by atoms with Gasteiger partial charge in [-0.15, -0.1) is 0 Å². The molecular formula is C20H15FN2O6. The smallest absolute Gasteiger partial charge is 0.341 e. The normalized spacial score (nSPS) is 15.4. The zero-order valence-corrected chi connectivity index (χ0v) is 14.9. The van der Waals surface area contributed by atoms with Crippen molar-refractivity contribution >= 4 is 29.9 Å². The lowest BCUT2D eigenvalue weighted by molar-refractivity contribution is -0.139. The molecule has 0 unspecified atom stereocenters. The third kappa shape index (κ3) is 4.83. The number of carboxylic acids is 1. The van der Waals surface area contributed by atoms with Crippen LogP contribution < -0.4 is 10.1 Å². The highest BCUT2D eigenvalue weighted by Crippen LogP contribution is 2.19. The number of aliphatic carboxylic acids is 1. The molecule has 0 aromatic heterocycles. The maximum atomic E-state index is 13.0. The molecule has 0 atom stereocenters. The molecule has 4 amide bonds. The molecule has 2 N–H and O–H groups in total. The number of carboxylic acid groups (broad SMARTS) is 1. The molecule has 2 aromatic carbocycles. The van der Waals surface area contributed by atoms with Gasteiger partial charge >= 0.3 is 12.0 Å². The first kappa shape index (κ1) is 19.7. The molecule has 8 nitrogen and oxygen atoms in total. The standard InChI is InChI=1S/C20H15FN2O6/c21-14-5-1-13(2-6-14)10-23-19(27)16(18(26)22-20(23)28)9-12-3-7-15(8-4-12)29-11-17(24)25/h1-9H,10-11H2,(H,24,25)(H,22,26,28)/b16-9-. The first-order valence-electron chi connectivity index (χ1n) is 8.41. The van der Waals surface area contributed by atoms with E-state index in [0.717, 1.165) is 4.90 Å². The van der Waals surface area contributed by atoms with E-state index < -0.39 is 36.2 Å². The van der Waals surface area contributed by atoms with Crippen LogP contribution in [0.2, 0.25) is 0 Å². The monoisotopic (exact) mass is 398 g/mol. The number of nitrogens with one attached hydrogen (secondary N) is 1. The number of halogens is 1. The van der Waals surface area contributed by atoms with Gasteiger partial charge < -0.3 is 9.84 Å². The lowest BCUT2D eigenvalue weighted by Crippen LogP contribution is -2.53. The number of amides is 4. The van der Waals surface area contributed by atoms with E-state index in [-0.39, 0.29) is 12.1 Å². The van der Waals surface area contributed by atoms with Gasteiger partial charge in [0.2, 0.25) is 0 Å². The van der Waals surface area contributed by atoms with Crippen LogP contribution in [0, 0.1) is 5.82 Å². The highest BCUT2D eigenvalue weighted by atomic mass is 19.1. The second kappa shape index (κ2) is 8.34. The summed E-state index contributed by atoms with van der Waals surface area (Å²) in [5, 5.41) is 10.7. The van der Waals surface area contributed by atoms with Gasteiger partial charge in [0.15, 0.2) is 6.61 Å². The van der Waals surface area contributed by atoms with E-state index >= 15 is 0 Å². The van der Waals surface area contributed by atoms with Gasteiger partial charge in [-0.05, 0) is 41.5 Å². The average Bonchev–Trinajstić information content (AvgIpc) is 2.69. The van der Waals surface area contributed by atoms with Crippen LogP contribution in [0.3, 0.4) is 0 Å². The molecule has 1 fully saturated rings. The van der Waals surface area contributed by atoms with Crippen molar-refractivity contribution in [3.8, 4) is 5.75 Å². The number of nitrogens with zero attached hydrogens (tertiary/aromatic N) is 1. The van der Waals surface area contributed by atoms with E-state index in [1.165, 1.54) is 54.6 Å². The first-order valence-corrected chi connectivity index (χ1v) is 8.41. The minimum Gasteiger partial charge on any atom is -0.482 e. The van der Waals surface area contributed by atoms with E-state index in [2.05, 4.69) is 5.32 Å². The number of hydrogen-bond acceptors (Lipinski definition) is 5. The van der Waals surface area contributed by atoms with E-state index in [1.54, 1.807) is 0 Å². The first-order chi connectivity index (χ1) is 13.8. The minimum atomic E-state index is -1.12. The Kier molecular flexibility index (Phi) is 5.68. The van der Waals surface area contributed by atoms with E-state index in [4.69, 9.17) is 9.84 Å². The molecule has 9 heteroatoms. The molecule has 0 aliphatic carbocycles. The van der Waals surface area contributed by atoms with E-state index in [0.29, 0.717) is 16.9 Å². The van der Waals surface area contributed by atoms with Crippen molar-refractivity contribution in [2.75, 3.05) is 6.61 Å². The second-order valence-electron chi connectivity index (χ2n) is 6.09. The molecule has 0 spiro atoms. The predicted octanol–water partition coefficient (Wildman–Crippen LogP) is 1.95. The topological polar surface area (TPSA) is 113 Å². The zero-order valence-electron chi connectivity index (χ0n) is 14.9. The molecule has 1 heterocycles. The number of carbonyl (C=O) groups is 4. The van der Waals surface area contributed by atoms with Crippen LogP contribution >= 0.6 is 0 Å². The SMILES string of the molecule is O=C(O)COc1ccc(/C=C2/C(=O)NC(=O)N(Cc3ccc(F)cc3)C2=O)cc1. The second-order valence-corrected chi connectivity index (χ2v) is 6.09. The number of ether oxygens (including phenoxy) is 1. The van der Waals surface area contributed by atoms with Gasteiger partial charge in [-0.2, -0.15) is 0 Å². The van der Waals surface area contributed by atoms with Crippen molar-refractivity contribution in [2.24, 2.45) is 0 Å². The largest absolute Gasteiger partial charge is 0.482 e. The molecule has 2 aromatic rings. The Morgan fingerprint density at radius 2 is 1.72 bits per heavy atom. The number of hydrogen-bond donors (Lipinski definition) is 2. The summed E-state index contributed by atoms with van der Waals surface area (Å²) in [5.41, 5.74) is 0.747. The van der Waals surface area contributed by atoms with Crippen molar-refractivity contribution in [2.45, 2.75) is 6.54 Å². The summed E-state index contributed by atoms with van der Waals surface area (Å²) in [7, 11) is 0. The summed E-state index contributed by atoms with van der Waals surface area (Å²) >= 11 is 0. The molecule has 0 bridgehead atoms. The third-order valence-corrected chi connectivity index (χ3v) is 3.99. The molecule has 148 valence electrons. The predicted molar refractivity (Wildman–Crippen MR) is 98.0 cm³/mol. The third-order valence-electron chi connectivity index (χ3n) is 3.99. The van der Waals surface area contributed by atoms with Crippen LogP contribution in [0.25, 0.3) is 6.08 Å². The van der Waals surface area contributed by atoms with Gasteiger partial charge in [0, 0.05) is 0 Å². The van der Waals surface area contributed by atoms with Gasteiger partial charge in [-0.3, -0.25) is 19.8 Å². The lowest BCUT2D eigenvalue weighted by atomic mass is 10.1. The Labute approximate surface area is 164 Å². The molecule has 0 radical (unpaired) electrons. The van der Waals surface area contributed by atoms with Crippen LogP contribution in [0.4, 0.5) is 9.18 Å². The van der Waals surface area contributed by atoms with Crippen LogP contribution in [0.15, 0.2) is 54.1 Å². The number of barbiturate groups is 1.